The number of fused-ring (bicyclic) bond motifs is 2. The maximum Gasteiger partial charge on any atom is 0.177 e. The van der Waals surface area contributed by atoms with Gasteiger partial charge in [0, 0.05) is 25.2 Å². The fourth-order valence-electron chi connectivity index (χ4n) is 4.71. The molecule has 1 aliphatic carbocycles. The summed E-state index contributed by atoms with van der Waals surface area (Å²) in [5.41, 5.74) is 8.88. The van der Waals surface area contributed by atoms with E-state index in [1.54, 1.807) is 22.7 Å². The highest BCUT2D eigenvalue weighted by molar-refractivity contribution is 6.43. The van der Waals surface area contributed by atoms with E-state index >= 15 is 0 Å². The summed E-state index contributed by atoms with van der Waals surface area (Å²) in [6, 6.07) is 2.67. The second kappa shape index (κ2) is 8.92. The van der Waals surface area contributed by atoms with Crippen LogP contribution in [0.25, 0.3) is 33.3 Å². The monoisotopic (exact) mass is 506 g/mol. The van der Waals surface area contributed by atoms with Gasteiger partial charge in [0.25, 0.3) is 0 Å². The molecule has 12 heteroatoms. The highest BCUT2D eigenvalue weighted by Gasteiger charge is 2.35. The van der Waals surface area contributed by atoms with Crippen molar-refractivity contribution >= 4 is 51.1 Å². The minimum atomic E-state index is -1.19. The summed E-state index contributed by atoms with van der Waals surface area (Å²) in [5, 5.41) is 23.3. The number of aromatic nitrogens is 6. The van der Waals surface area contributed by atoms with Gasteiger partial charge >= 0.3 is 0 Å². The molecule has 0 unspecified atom stereocenters. The lowest BCUT2D eigenvalue weighted by molar-refractivity contribution is 0.184. The second-order valence-electron chi connectivity index (χ2n) is 8.57. The summed E-state index contributed by atoms with van der Waals surface area (Å²) in [7, 11) is 1.75. The Balaban J connectivity index is 1.61. The lowest BCUT2D eigenvalue weighted by atomic mass is 9.89. The number of H-pyrrole nitrogens is 1. The highest BCUT2D eigenvalue weighted by Crippen LogP contribution is 2.39. The van der Waals surface area contributed by atoms with E-state index in [9.17, 15) is 9.50 Å². The smallest absolute Gasteiger partial charge is 0.177 e. The van der Waals surface area contributed by atoms with Crippen LogP contribution < -0.4 is 10.6 Å². The molecule has 0 saturated heterocycles. The molecule has 5 rings (SSSR count). The summed E-state index contributed by atoms with van der Waals surface area (Å²) in [6.45, 7) is 2.18. The van der Waals surface area contributed by atoms with Crippen molar-refractivity contribution in [2.45, 2.75) is 57.6 Å². The van der Waals surface area contributed by atoms with Crippen molar-refractivity contribution in [1.29, 1.82) is 0 Å². The topological polar surface area (TPSA) is 122 Å². The lowest BCUT2D eigenvalue weighted by Crippen LogP contribution is -2.51. The van der Waals surface area contributed by atoms with Crippen LogP contribution in [0.1, 0.15) is 31.9 Å². The number of nitrogens with one attached hydrogen (secondary N) is 1. The zero-order valence-corrected chi connectivity index (χ0v) is 20.3. The molecule has 0 radical (unpaired) electrons. The van der Waals surface area contributed by atoms with Crippen molar-refractivity contribution in [2.75, 3.05) is 11.9 Å². The van der Waals surface area contributed by atoms with Crippen molar-refractivity contribution in [3.8, 4) is 11.3 Å². The van der Waals surface area contributed by atoms with Gasteiger partial charge in [-0.25, -0.2) is 14.4 Å². The van der Waals surface area contributed by atoms with Crippen LogP contribution in [0.4, 0.5) is 10.2 Å². The van der Waals surface area contributed by atoms with Gasteiger partial charge in [-0.2, -0.15) is 10.2 Å². The molecular weight excluding hydrogens is 482 g/mol. The van der Waals surface area contributed by atoms with Crippen LogP contribution in [0.3, 0.4) is 0 Å². The molecule has 0 bridgehead atoms. The zero-order chi connectivity index (χ0) is 24.1. The van der Waals surface area contributed by atoms with Crippen molar-refractivity contribution < 1.29 is 9.50 Å². The number of aliphatic hydroxyl groups excluding tert-OH is 1. The van der Waals surface area contributed by atoms with Gasteiger partial charge < -0.3 is 15.7 Å². The summed E-state index contributed by atoms with van der Waals surface area (Å²) < 4.78 is 16.5. The third-order valence-electron chi connectivity index (χ3n) is 6.58. The van der Waals surface area contributed by atoms with E-state index < -0.39 is 18.3 Å². The van der Waals surface area contributed by atoms with Crippen LogP contribution in [-0.2, 0) is 13.2 Å². The van der Waals surface area contributed by atoms with E-state index in [-0.39, 0.29) is 6.61 Å². The first kappa shape index (κ1) is 23.2. The molecule has 1 aromatic carbocycles. The van der Waals surface area contributed by atoms with Crippen molar-refractivity contribution in [3.05, 3.63) is 28.0 Å². The third kappa shape index (κ3) is 3.60. The average Bonchev–Trinajstić information content (AvgIpc) is 3.40. The van der Waals surface area contributed by atoms with E-state index in [0.717, 1.165) is 6.42 Å². The molecule has 1 saturated carbocycles. The van der Waals surface area contributed by atoms with Gasteiger partial charge in [-0.05, 0) is 38.3 Å². The van der Waals surface area contributed by atoms with E-state index in [1.165, 1.54) is 0 Å². The number of anilines is 1. The summed E-state index contributed by atoms with van der Waals surface area (Å²) in [4.78, 5) is 11.0. The first-order chi connectivity index (χ1) is 16.3. The number of nitrogens with zero attached hydrogens (tertiary/aromatic N) is 6. The number of hydrogen-bond acceptors (Lipinski definition) is 7. The first-order valence-electron chi connectivity index (χ1n) is 11.2. The Kier molecular flexibility index (Phi) is 6.09. The number of aromatic amines is 1. The van der Waals surface area contributed by atoms with Crippen LogP contribution in [-0.4, -0.2) is 60.4 Å². The molecule has 4 N–H and O–H groups in total. The minimum Gasteiger partial charge on any atom is -0.390 e. The number of aliphatic hydroxyl groups is 1. The predicted molar refractivity (Wildman–Crippen MR) is 131 cm³/mol. The standard InChI is InChI=1S/C22H25Cl2FN8O/c1-3-33-20(24)15-12(31-33)8-7-10(16(15)23)18-19-21(30-29-18)28-22(13(9-34)27-19)32(2)14-6-4-5-11(26)17(14)25/h7-8,11,14,17,34H,3-6,9,26H2,1-2H3,(H,28,29,30)/t11-,14+,17-/m0/s1. The minimum absolute atomic E-state index is 0.318. The molecule has 4 aromatic rings. The largest absolute Gasteiger partial charge is 0.390 e. The fraction of sp³-hybridized carbons (Fsp3) is 0.455. The molecule has 1 aliphatic rings. The van der Waals surface area contributed by atoms with Gasteiger partial charge in [-0.1, -0.05) is 23.2 Å². The van der Waals surface area contributed by atoms with E-state index in [4.69, 9.17) is 28.9 Å². The summed E-state index contributed by atoms with van der Waals surface area (Å²) >= 11 is 13.2. The van der Waals surface area contributed by atoms with Gasteiger partial charge in [-0.15, -0.1) is 0 Å². The Labute approximate surface area is 205 Å². The number of rotatable bonds is 5. The number of hydrogen-bond donors (Lipinski definition) is 3. The van der Waals surface area contributed by atoms with Gasteiger partial charge in [0.05, 0.1) is 28.6 Å². The molecule has 3 heterocycles. The van der Waals surface area contributed by atoms with E-state index in [1.807, 2.05) is 13.0 Å². The lowest BCUT2D eigenvalue weighted by Gasteiger charge is -2.38. The normalized spacial score (nSPS) is 21.0. The molecule has 1 fully saturated rings. The van der Waals surface area contributed by atoms with Gasteiger partial charge in [0.1, 0.15) is 28.2 Å². The van der Waals surface area contributed by atoms with E-state index in [2.05, 4.69) is 25.3 Å². The van der Waals surface area contributed by atoms with Crippen LogP contribution >= 0.6 is 23.2 Å². The second-order valence-corrected chi connectivity index (χ2v) is 9.30. The number of aryl methyl sites for hydroxylation is 1. The van der Waals surface area contributed by atoms with Crippen molar-refractivity contribution in [2.24, 2.45) is 5.73 Å². The van der Waals surface area contributed by atoms with Crippen molar-refractivity contribution in [1.82, 2.24) is 29.9 Å². The number of halogens is 3. The zero-order valence-electron chi connectivity index (χ0n) is 18.8. The maximum atomic E-state index is 14.9. The number of nitrogens with two attached hydrogens (primary N) is 1. The Hall–Kier alpha value is -2.53. The molecule has 3 atom stereocenters. The van der Waals surface area contributed by atoms with Crippen LogP contribution in [0.2, 0.25) is 10.2 Å². The number of benzene rings is 1. The SMILES string of the molecule is CCn1nc2ccc(-c3n[nH]c4nc(N(C)[C@@H]5CCC[C@H](N)[C@@H]5F)c(CO)nc34)c(Cl)c2c1Cl. The quantitative estimate of drug-likeness (QED) is 0.375. The van der Waals surface area contributed by atoms with Crippen molar-refractivity contribution in [3.63, 3.8) is 0 Å². The molecular formula is C22H25Cl2FN8O. The van der Waals surface area contributed by atoms with Gasteiger partial charge in [0.15, 0.2) is 11.5 Å². The Morgan fingerprint density at radius 1 is 1.29 bits per heavy atom. The maximum absolute atomic E-state index is 14.9. The van der Waals surface area contributed by atoms with Gasteiger partial charge in [-0.3, -0.25) is 9.78 Å². The average molecular weight is 507 g/mol. The summed E-state index contributed by atoms with van der Waals surface area (Å²) in [6.07, 6.45) is 0.928. The molecule has 0 spiro atoms. The number of alkyl halides is 1. The molecule has 3 aromatic heterocycles. The Morgan fingerprint density at radius 3 is 2.82 bits per heavy atom. The summed E-state index contributed by atoms with van der Waals surface area (Å²) in [5.74, 6) is 0.390. The molecule has 180 valence electrons. The third-order valence-corrected chi connectivity index (χ3v) is 7.35. The van der Waals surface area contributed by atoms with Crippen LogP contribution in [0, 0.1) is 0 Å². The molecule has 0 amide bonds. The van der Waals surface area contributed by atoms with Crippen LogP contribution in [0.15, 0.2) is 12.1 Å². The first-order valence-corrected chi connectivity index (χ1v) is 11.9. The predicted octanol–water partition coefficient (Wildman–Crippen LogP) is 3.84. The van der Waals surface area contributed by atoms with Gasteiger partial charge in [0.2, 0.25) is 0 Å². The molecule has 9 nitrogen and oxygen atoms in total. The van der Waals surface area contributed by atoms with Crippen LogP contribution in [0.5, 0.6) is 0 Å². The Bertz CT molecular complexity index is 1370. The van der Waals surface area contributed by atoms with E-state index in [0.29, 0.717) is 74.4 Å². The fourth-order valence-corrected chi connectivity index (χ4v) is 5.45. The Morgan fingerprint density at radius 2 is 2.09 bits per heavy atom. The molecule has 34 heavy (non-hydrogen) atoms. The highest BCUT2D eigenvalue weighted by atomic mass is 35.5. The molecule has 0 aliphatic heterocycles.